The van der Waals surface area contributed by atoms with Crippen LogP contribution in [-0.4, -0.2) is 26.2 Å². The number of hydrogen-bond donors (Lipinski definition) is 2. The van der Waals surface area contributed by atoms with E-state index in [4.69, 9.17) is 15.2 Å². The van der Waals surface area contributed by atoms with Gasteiger partial charge in [0, 0.05) is 24.6 Å². The Bertz CT molecular complexity index is 505. The van der Waals surface area contributed by atoms with Gasteiger partial charge in [0.1, 0.15) is 11.5 Å². The average molecular weight is 306 g/mol. The van der Waals surface area contributed by atoms with Crippen molar-refractivity contribution in [3.8, 4) is 11.5 Å². The Morgan fingerprint density at radius 2 is 2.05 bits per heavy atom. The van der Waals surface area contributed by atoms with Crippen LogP contribution < -0.4 is 20.5 Å². The molecule has 0 bridgehead atoms. The van der Waals surface area contributed by atoms with Gasteiger partial charge in [-0.25, -0.2) is 0 Å². The number of nitrogens with one attached hydrogen (secondary N) is 1. The van der Waals surface area contributed by atoms with E-state index >= 15 is 0 Å². The normalized spacial score (nSPS) is 21.2. The van der Waals surface area contributed by atoms with Crippen LogP contribution in [0.25, 0.3) is 0 Å². The molecule has 2 unspecified atom stereocenters. The van der Waals surface area contributed by atoms with E-state index in [0.717, 1.165) is 29.9 Å². The first-order valence-electron chi connectivity index (χ1n) is 7.87. The lowest BCUT2D eigenvalue weighted by atomic mass is 9.83. The van der Waals surface area contributed by atoms with E-state index in [-0.39, 0.29) is 11.9 Å². The first-order valence-corrected chi connectivity index (χ1v) is 7.87. The van der Waals surface area contributed by atoms with E-state index in [1.165, 1.54) is 12.8 Å². The topological polar surface area (TPSA) is 73.6 Å². The van der Waals surface area contributed by atoms with Crippen LogP contribution in [0, 0.1) is 5.92 Å². The van der Waals surface area contributed by atoms with Crippen LogP contribution in [0.5, 0.6) is 11.5 Å². The Kier molecular flexibility index (Phi) is 6.07. The summed E-state index contributed by atoms with van der Waals surface area (Å²) in [6, 6.07) is 5.72. The maximum atomic E-state index is 12.1. The number of carbonyl (C=O) groups is 1. The highest BCUT2D eigenvalue weighted by Crippen LogP contribution is 2.26. The van der Waals surface area contributed by atoms with Crippen LogP contribution in [0.15, 0.2) is 18.2 Å². The van der Waals surface area contributed by atoms with E-state index in [1.807, 2.05) is 18.2 Å². The quantitative estimate of drug-likeness (QED) is 0.845. The van der Waals surface area contributed by atoms with Gasteiger partial charge in [-0.3, -0.25) is 4.79 Å². The molecule has 0 radical (unpaired) electrons. The smallest absolute Gasteiger partial charge is 0.220 e. The number of amides is 1. The third kappa shape index (κ3) is 4.37. The van der Waals surface area contributed by atoms with Crippen LogP contribution in [0.2, 0.25) is 0 Å². The number of methoxy groups -OCH3 is 2. The SMILES string of the molecule is COc1ccc(OC)c(CNC(=O)CC2CCCCC2N)c1. The highest BCUT2D eigenvalue weighted by Gasteiger charge is 2.24. The molecule has 1 aliphatic carbocycles. The highest BCUT2D eigenvalue weighted by molar-refractivity contribution is 5.76. The molecule has 0 saturated heterocycles. The number of ether oxygens (including phenoxy) is 2. The van der Waals surface area contributed by atoms with Gasteiger partial charge in [0.15, 0.2) is 0 Å². The molecule has 0 aromatic heterocycles. The second-order valence-electron chi connectivity index (χ2n) is 5.87. The fraction of sp³-hybridized carbons (Fsp3) is 0.588. The van der Waals surface area contributed by atoms with Crippen molar-refractivity contribution in [1.82, 2.24) is 5.32 Å². The fourth-order valence-electron chi connectivity index (χ4n) is 3.01. The molecule has 0 spiro atoms. The first-order chi connectivity index (χ1) is 10.6. The van der Waals surface area contributed by atoms with Gasteiger partial charge < -0.3 is 20.5 Å². The standard InChI is InChI=1S/C17H26N2O3/c1-21-14-7-8-16(22-2)13(9-14)11-19-17(20)10-12-5-3-4-6-15(12)18/h7-9,12,15H,3-6,10-11,18H2,1-2H3,(H,19,20). The second-order valence-corrected chi connectivity index (χ2v) is 5.87. The number of hydrogen-bond acceptors (Lipinski definition) is 4. The molecule has 5 nitrogen and oxygen atoms in total. The average Bonchev–Trinajstić information content (AvgIpc) is 2.54. The van der Waals surface area contributed by atoms with Gasteiger partial charge >= 0.3 is 0 Å². The Labute approximate surface area is 132 Å². The Morgan fingerprint density at radius 3 is 2.73 bits per heavy atom. The predicted molar refractivity (Wildman–Crippen MR) is 85.9 cm³/mol. The molecule has 122 valence electrons. The van der Waals surface area contributed by atoms with Crippen molar-refractivity contribution >= 4 is 5.91 Å². The van der Waals surface area contributed by atoms with Crippen LogP contribution in [0.4, 0.5) is 0 Å². The van der Waals surface area contributed by atoms with E-state index < -0.39 is 0 Å². The highest BCUT2D eigenvalue weighted by atomic mass is 16.5. The van der Waals surface area contributed by atoms with Crippen molar-refractivity contribution in [3.05, 3.63) is 23.8 Å². The largest absolute Gasteiger partial charge is 0.497 e. The van der Waals surface area contributed by atoms with Gasteiger partial charge in [-0.05, 0) is 37.0 Å². The molecule has 0 aliphatic heterocycles. The first kappa shape index (κ1) is 16.6. The van der Waals surface area contributed by atoms with Gasteiger partial charge in [0.05, 0.1) is 14.2 Å². The van der Waals surface area contributed by atoms with Crippen molar-refractivity contribution in [3.63, 3.8) is 0 Å². The van der Waals surface area contributed by atoms with Crippen molar-refractivity contribution in [1.29, 1.82) is 0 Å². The van der Waals surface area contributed by atoms with E-state index in [2.05, 4.69) is 5.32 Å². The molecule has 1 aromatic rings. The third-order valence-electron chi connectivity index (χ3n) is 4.38. The minimum absolute atomic E-state index is 0.0484. The monoisotopic (exact) mass is 306 g/mol. The maximum absolute atomic E-state index is 12.1. The van der Waals surface area contributed by atoms with E-state index in [9.17, 15) is 4.79 Å². The predicted octanol–water partition coefficient (Wildman–Crippen LogP) is 2.23. The van der Waals surface area contributed by atoms with E-state index in [0.29, 0.717) is 18.9 Å². The number of nitrogens with two attached hydrogens (primary N) is 1. The van der Waals surface area contributed by atoms with Crippen LogP contribution >= 0.6 is 0 Å². The third-order valence-corrected chi connectivity index (χ3v) is 4.38. The molecule has 22 heavy (non-hydrogen) atoms. The summed E-state index contributed by atoms with van der Waals surface area (Å²) in [5, 5.41) is 2.96. The zero-order valence-corrected chi connectivity index (χ0v) is 13.4. The van der Waals surface area contributed by atoms with Crippen molar-refractivity contribution in [2.75, 3.05) is 14.2 Å². The van der Waals surface area contributed by atoms with Crippen LogP contribution in [0.1, 0.15) is 37.7 Å². The zero-order chi connectivity index (χ0) is 15.9. The Balaban J connectivity index is 1.90. The summed E-state index contributed by atoms with van der Waals surface area (Å²) >= 11 is 0. The van der Waals surface area contributed by atoms with Gasteiger partial charge in [0.2, 0.25) is 5.91 Å². The number of benzene rings is 1. The Hall–Kier alpha value is -1.75. The van der Waals surface area contributed by atoms with Crippen molar-refractivity contribution < 1.29 is 14.3 Å². The molecule has 1 fully saturated rings. The minimum atomic E-state index is 0.0484. The minimum Gasteiger partial charge on any atom is -0.497 e. The lowest BCUT2D eigenvalue weighted by Crippen LogP contribution is -2.37. The number of carbonyl (C=O) groups excluding carboxylic acids is 1. The molecular weight excluding hydrogens is 280 g/mol. The van der Waals surface area contributed by atoms with Crippen molar-refractivity contribution in [2.45, 2.75) is 44.7 Å². The summed E-state index contributed by atoms with van der Waals surface area (Å²) in [5.41, 5.74) is 7.01. The number of rotatable bonds is 6. The Morgan fingerprint density at radius 1 is 1.27 bits per heavy atom. The molecule has 0 heterocycles. The summed E-state index contributed by atoms with van der Waals surface area (Å²) < 4.78 is 10.5. The molecule has 1 aromatic carbocycles. The summed E-state index contributed by atoms with van der Waals surface area (Å²) in [6.45, 7) is 0.432. The molecule has 1 saturated carbocycles. The molecule has 3 N–H and O–H groups in total. The maximum Gasteiger partial charge on any atom is 0.220 e. The van der Waals surface area contributed by atoms with Gasteiger partial charge in [-0.2, -0.15) is 0 Å². The van der Waals surface area contributed by atoms with Crippen LogP contribution in [0.3, 0.4) is 0 Å². The lowest BCUT2D eigenvalue weighted by Gasteiger charge is -2.28. The molecular formula is C17H26N2O3. The lowest BCUT2D eigenvalue weighted by molar-refractivity contribution is -0.122. The fourth-order valence-corrected chi connectivity index (χ4v) is 3.01. The van der Waals surface area contributed by atoms with Gasteiger partial charge in [-0.15, -0.1) is 0 Å². The molecule has 2 atom stereocenters. The summed E-state index contributed by atoms with van der Waals surface area (Å²) in [4.78, 5) is 12.1. The molecule has 2 rings (SSSR count). The summed E-state index contributed by atoms with van der Waals surface area (Å²) in [5.74, 6) is 1.85. The summed E-state index contributed by atoms with van der Waals surface area (Å²) in [7, 11) is 3.24. The molecule has 1 aliphatic rings. The second kappa shape index (κ2) is 8.03. The van der Waals surface area contributed by atoms with Gasteiger partial charge in [0.25, 0.3) is 0 Å². The zero-order valence-electron chi connectivity index (χ0n) is 13.4. The van der Waals surface area contributed by atoms with E-state index in [1.54, 1.807) is 14.2 Å². The molecule has 5 heteroatoms. The van der Waals surface area contributed by atoms with Gasteiger partial charge in [-0.1, -0.05) is 12.8 Å². The van der Waals surface area contributed by atoms with Crippen molar-refractivity contribution in [2.24, 2.45) is 11.7 Å². The molecule has 1 amide bonds. The summed E-state index contributed by atoms with van der Waals surface area (Å²) in [6.07, 6.45) is 4.95. The van der Waals surface area contributed by atoms with Crippen LogP contribution in [-0.2, 0) is 11.3 Å².